The van der Waals surface area contributed by atoms with Gasteiger partial charge in [0.05, 0.1) is 12.9 Å². The van der Waals surface area contributed by atoms with Gasteiger partial charge in [0.25, 0.3) is 5.91 Å². The molecule has 8 heteroatoms. The molecule has 1 aromatic rings. The lowest BCUT2D eigenvalue weighted by Gasteiger charge is -2.20. The van der Waals surface area contributed by atoms with Gasteiger partial charge in [-0.2, -0.15) is 0 Å². The van der Waals surface area contributed by atoms with E-state index in [0.29, 0.717) is 26.2 Å². The van der Waals surface area contributed by atoms with Crippen LogP contribution in [0.5, 0.6) is 0 Å². The molecule has 1 aliphatic rings. The quantitative estimate of drug-likeness (QED) is 0.670. The zero-order chi connectivity index (χ0) is 14.5. The molecule has 8 nitrogen and oxygen atoms in total. The van der Waals surface area contributed by atoms with Crippen molar-refractivity contribution in [3.63, 3.8) is 0 Å². The van der Waals surface area contributed by atoms with Gasteiger partial charge in [-0.15, -0.1) is 0 Å². The Hall–Kier alpha value is -1.93. The van der Waals surface area contributed by atoms with Crippen molar-refractivity contribution in [2.24, 2.45) is 0 Å². The summed E-state index contributed by atoms with van der Waals surface area (Å²) in [6.45, 7) is 3.23. The van der Waals surface area contributed by atoms with Crippen LogP contribution in [0.15, 0.2) is 6.33 Å². The topological polar surface area (TPSA) is 110 Å². The molecular formula is C12H18N4O4. The van der Waals surface area contributed by atoms with Crippen LogP contribution in [0.2, 0.25) is 0 Å². The molecule has 0 bridgehead atoms. The van der Waals surface area contributed by atoms with E-state index in [1.807, 2.05) is 0 Å². The Morgan fingerprint density at radius 3 is 2.80 bits per heavy atom. The lowest BCUT2D eigenvalue weighted by molar-refractivity contribution is 0.0669. The minimum atomic E-state index is -1.19. The van der Waals surface area contributed by atoms with Gasteiger partial charge in [-0.1, -0.05) is 0 Å². The number of imidazole rings is 1. The second-order valence-electron chi connectivity index (χ2n) is 4.64. The number of amides is 1. The smallest absolute Gasteiger partial charge is 0.354 e. The monoisotopic (exact) mass is 282 g/mol. The van der Waals surface area contributed by atoms with Gasteiger partial charge < -0.3 is 20.1 Å². The Bertz CT molecular complexity index is 488. The van der Waals surface area contributed by atoms with Crippen LogP contribution in [0.1, 0.15) is 27.4 Å². The molecule has 0 atom stereocenters. The van der Waals surface area contributed by atoms with Crippen LogP contribution in [-0.2, 0) is 0 Å². The normalized spacial score (nSPS) is 16.9. The van der Waals surface area contributed by atoms with Crippen molar-refractivity contribution in [1.82, 2.24) is 19.8 Å². The summed E-state index contributed by atoms with van der Waals surface area (Å²) in [4.78, 5) is 33.3. The summed E-state index contributed by atoms with van der Waals surface area (Å²) in [7, 11) is 0. The third kappa shape index (κ3) is 3.14. The number of nitrogens with zero attached hydrogens (tertiary/aromatic N) is 3. The zero-order valence-corrected chi connectivity index (χ0v) is 11.1. The van der Waals surface area contributed by atoms with Gasteiger partial charge in [-0.05, 0) is 13.0 Å². The van der Waals surface area contributed by atoms with E-state index in [1.54, 1.807) is 4.90 Å². The lowest BCUT2D eigenvalue weighted by atomic mass is 10.2. The number of β-amino-alcohol motifs (C(OH)–C–C–N with tert-alkyl or cyclic N) is 1. The molecule has 1 aromatic heterocycles. The molecule has 0 radical (unpaired) electrons. The molecule has 3 N–H and O–H groups in total. The Balaban J connectivity index is 2.05. The number of aliphatic hydroxyl groups excluding tert-OH is 1. The predicted molar refractivity (Wildman–Crippen MR) is 69.6 cm³/mol. The van der Waals surface area contributed by atoms with Crippen molar-refractivity contribution >= 4 is 11.9 Å². The summed E-state index contributed by atoms with van der Waals surface area (Å²) < 4.78 is 0. The number of carboxylic acid groups (broad SMARTS) is 1. The van der Waals surface area contributed by atoms with E-state index in [0.717, 1.165) is 13.0 Å². The number of hydrogen-bond donors (Lipinski definition) is 3. The SMILES string of the molecule is O=C(O)c1[nH]cnc1C(=O)N1CCCN(CCO)CC1. The standard InChI is InChI=1S/C12H18N4O4/c17-7-6-15-2-1-3-16(5-4-15)11(18)9-10(12(19)20)14-8-13-9/h8,17H,1-7H2,(H,13,14)(H,19,20). The van der Waals surface area contributed by atoms with Gasteiger partial charge in [0.1, 0.15) is 0 Å². The number of aromatic carboxylic acids is 1. The number of hydrogen-bond acceptors (Lipinski definition) is 5. The molecule has 0 aromatic carbocycles. The third-order valence-electron chi connectivity index (χ3n) is 3.35. The average Bonchev–Trinajstić information content (AvgIpc) is 2.80. The van der Waals surface area contributed by atoms with Crippen molar-refractivity contribution in [1.29, 1.82) is 0 Å². The molecule has 1 amide bonds. The molecule has 1 fully saturated rings. The highest BCUT2D eigenvalue weighted by atomic mass is 16.4. The molecule has 2 rings (SSSR count). The Morgan fingerprint density at radius 1 is 1.30 bits per heavy atom. The van der Waals surface area contributed by atoms with Crippen LogP contribution >= 0.6 is 0 Å². The van der Waals surface area contributed by atoms with E-state index in [9.17, 15) is 9.59 Å². The first-order chi connectivity index (χ1) is 9.63. The number of carboxylic acids is 1. The molecule has 1 aliphatic heterocycles. The number of aromatic nitrogens is 2. The maximum atomic E-state index is 12.3. The highest BCUT2D eigenvalue weighted by Crippen LogP contribution is 2.10. The largest absolute Gasteiger partial charge is 0.477 e. The molecule has 0 aliphatic carbocycles. The minimum absolute atomic E-state index is 0.0480. The van der Waals surface area contributed by atoms with Gasteiger partial charge in [0, 0.05) is 26.2 Å². The second kappa shape index (κ2) is 6.49. The van der Waals surface area contributed by atoms with Crippen molar-refractivity contribution < 1.29 is 19.8 Å². The maximum Gasteiger partial charge on any atom is 0.354 e. The number of rotatable bonds is 4. The van der Waals surface area contributed by atoms with E-state index in [1.165, 1.54) is 6.33 Å². The summed E-state index contributed by atoms with van der Waals surface area (Å²) in [6.07, 6.45) is 2.01. The molecular weight excluding hydrogens is 264 g/mol. The fourth-order valence-electron chi connectivity index (χ4n) is 2.31. The maximum absolute atomic E-state index is 12.3. The molecule has 2 heterocycles. The van der Waals surface area contributed by atoms with Gasteiger partial charge in [-0.3, -0.25) is 9.69 Å². The van der Waals surface area contributed by atoms with E-state index < -0.39 is 5.97 Å². The number of carbonyl (C=O) groups is 2. The molecule has 110 valence electrons. The summed E-state index contributed by atoms with van der Waals surface area (Å²) in [5.41, 5.74) is -0.223. The molecule has 1 saturated heterocycles. The van der Waals surface area contributed by atoms with Gasteiger partial charge in [0.2, 0.25) is 0 Å². The van der Waals surface area contributed by atoms with E-state index in [-0.39, 0.29) is 23.9 Å². The van der Waals surface area contributed by atoms with Crippen molar-refractivity contribution in [3.05, 3.63) is 17.7 Å². The molecule has 20 heavy (non-hydrogen) atoms. The highest BCUT2D eigenvalue weighted by Gasteiger charge is 2.26. The number of carbonyl (C=O) groups excluding carboxylic acids is 1. The predicted octanol–water partition coefficient (Wildman–Crippen LogP) is -0.752. The Labute approximate surface area is 116 Å². The first-order valence-electron chi connectivity index (χ1n) is 6.52. The Kier molecular flexibility index (Phi) is 4.70. The third-order valence-corrected chi connectivity index (χ3v) is 3.35. The summed E-state index contributed by atoms with van der Waals surface area (Å²) in [5.74, 6) is -1.56. The van der Waals surface area contributed by atoms with E-state index in [2.05, 4.69) is 14.9 Å². The lowest BCUT2D eigenvalue weighted by Crippen LogP contribution is -2.36. The molecule has 0 saturated carbocycles. The van der Waals surface area contributed by atoms with E-state index >= 15 is 0 Å². The van der Waals surface area contributed by atoms with Crippen molar-refractivity contribution in [3.8, 4) is 0 Å². The number of nitrogens with one attached hydrogen (secondary N) is 1. The van der Waals surface area contributed by atoms with Gasteiger partial charge in [-0.25, -0.2) is 9.78 Å². The molecule has 0 spiro atoms. The summed E-state index contributed by atoms with van der Waals surface area (Å²) in [5, 5.41) is 17.9. The minimum Gasteiger partial charge on any atom is -0.477 e. The van der Waals surface area contributed by atoms with Crippen molar-refractivity contribution in [2.75, 3.05) is 39.3 Å². The Morgan fingerprint density at radius 2 is 2.10 bits per heavy atom. The fraction of sp³-hybridized carbons (Fsp3) is 0.583. The number of aromatic amines is 1. The number of aliphatic hydroxyl groups is 1. The highest BCUT2D eigenvalue weighted by molar-refractivity contribution is 6.02. The zero-order valence-electron chi connectivity index (χ0n) is 11.1. The van der Waals surface area contributed by atoms with Crippen LogP contribution in [0.25, 0.3) is 0 Å². The number of H-pyrrole nitrogens is 1. The van der Waals surface area contributed by atoms with Crippen LogP contribution < -0.4 is 0 Å². The summed E-state index contributed by atoms with van der Waals surface area (Å²) >= 11 is 0. The summed E-state index contributed by atoms with van der Waals surface area (Å²) in [6, 6.07) is 0. The van der Waals surface area contributed by atoms with Crippen molar-refractivity contribution in [2.45, 2.75) is 6.42 Å². The first-order valence-corrected chi connectivity index (χ1v) is 6.52. The van der Waals surface area contributed by atoms with Gasteiger partial charge >= 0.3 is 5.97 Å². The van der Waals surface area contributed by atoms with Crippen LogP contribution in [0.4, 0.5) is 0 Å². The second-order valence-corrected chi connectivity index (χ2v) is 4.64. The van der Waals surface area contributed by atoms with E-state index in [4.69, 9.17) is 10.2 Å². The first kappa shape index (κ1) is 14.5. The fourth-order valence-corrected chi connectivity index (χ4v) is 2.31. The van der Waals surface area contributed by atoms with Crippen LogP contribution in [0.3, 0.4) is 0 Å². The average molecular weight is 282 g/mol. The van der Waals surface area contributed by atoms with Crippen LogP contribution in [0, 0.1) is 0 Å². The molecule has 0 unspecified atom stereocenters. The van der Waals surface area contributed by atoms with Crippen LogP contribution in [-0.4, -0.2) is 81.2 Å². The van der Waals surface area contributed by atoms with Gasteiger partial charge in [0.15, 0.2) is 11.4 Å².